The lowest BCUT2D eigenvalue weighted by Gasteiger charge is -2.24. The molecule has 0 aromatic heterocycles. The van der Waals surface area contributed by atoms with E-state index in [0.29, 0.717) is 19.8 Å². The maximum Gasteiger partial charge on any atom is 0.0897 e. The van der Waals surface area contributed by atoms with Gasteiger partial charge >= 0.3 is 0 Å². The van der Waals surface area contributed by atoms with Crippen molar-refractivity contribution in [2.45, 2.75) is 44.5 Å². The van der Waals surface area contributed by atoms with E-state index in [1.807, 2.05) is 6.92 Å². The third-order valence-electron chi connectivity index (χ3n) is 3.15. The SMILES string of the molecule is COCC(C)OCC(O)CNCC1(C)CCCO1. The number of nitrogens with one attached hydrogen (secondary N) is 1. The Labute approximate surface area is 110 Å². The van der Waals surface area contributed by atoms with Gasteiger partial charge in [0.05, 0.1) is 31.0 Å². The summed E-state index contributed by atoms with van der Waals surface area (Å²) in [5, 5.41) is 13.0. The number of hydrogen-bond donors (Lipinski definition) is 2. The zero-order valence-corrected chi connectivity index (χ0v) is 11.8. The normalized spacial score (nSPS) is 27.3. The molecule has 0 aliphatic carbocycles. The zero-order valence-electron chi connectivity index (χ0n) is 11.8. The molecule has 1 heterocycles. The molecule has 2 N–H and O–H groups in total. The predicted molar refractivity (Wildman–Crippen MR) is 69.8 cm³/mol. The van der Waals surface area contributed by atoms with Gasteiger partial charge in [0, 0.05) is 26.8 Å². The minimum absolute atomic E-state index is 0.0142. The molecule has 5 nitrogen and oxygen atoms in total. The van der Waals surface area contributed by atoms with Gasteiger partial charge in [-0.2, -0.15) is 0 Å². The fourth-order valence-electron chi connectivity index (χ4n) is 2.10. The Morgan fingerprint density at radius 1 is 1.44 bits per heavy atom. The Morgan fingerprint density at radius 3 is 2.83 bits per heavy atom. The first-order valence-electron chi connectivity index (χ1n) is 6.69. The van der Waals surface area contributed by atoms with Crippen molar-refractivity contribution >= 4 is 0 Å². The first-order valence-corrected chi connectivity index (χ1v) is 6.69. The van der Waals surface area contributed by atoms with Gasteiger partial charge in [0.2, 0.25) is 0 Å². The number of ether oxygens (including phenoxy) is 3. The third-order valence-corrected chi connectivity index (χ3v) is 3.15. The van der Waals surface area contributed by atoms with Gasteiger partial charge in [-0.1, -0.05) is 0 Å². The van der Waals surface area contributed by atoms with Crippen LogP contribution < -0.4 is 5.32 Å². The molecule has 1 aliphatic heterocycles. The van der Waals surface area contributed by atoms with E-state index in [-0.39, 0.29) is 11.7 Å². The van der Waals surface area contributed by atoms with Gasteiger partial charge in [0.25, 0.3) is 0 Å². The molecule has 0 saturated carbocycles. The average molecular weight is 261 g/mol. The van der Waals surface area contributed by atoms with Crippen molar-refractivity contribution in [2.75, 3.05) is 40.0 Å². The Kier molecular flexibility index (Phi) is 7.11. The van der Waals surface area contributed by atoms with Crippen molar-refractivity contribution in [3.05, 3.63) is 0 Å². The largest absolute Gasteiger partial charge is 0.389 e. The Bertz CT molecular complexity index is 219. The summed E-state index contributed by atoms with van der Waals surface area (Å²) in [7, 11) is 1.64. The molecule has 1 fully saturated rings. The van der Waals surface area contributed by atoms with Gasteiger partial charge in [-0.25, -0.2) is 0 Å². The summed E-state index contributed by atoms with van der Waals surface area (Å²) in [5.41, 5.74) is -0.0656. The van der Waals surface area contributed by atoms with Crippen molar-refractivity contribution < 1.29 is 19.3 Å². The molecule has 3 unspecified atom stereocenters. The number of rotatable bonds is 9. The van der Waals surface area contributed by atoms with Crippen molar-refractivity contribution in [1.82, 2.24) is 5.32 Å². The highest BCUT2D eigenvalue weighted by atomic mass is 16.5. The highest BCUT2D eigenvalue weighted by molar-refractivity contribution is 4.82. The summed E-state index contributed by atoms with van der Waals surface area (Å²) in [5.74, 6) is 0. The van der Waals surface area contributed by atoms with Crippen LogP contribution in [0.15, 0.2) is 0 Å². The highest BCUT2D eigenvalue weighted by Gasteiger charge is 2.29. The summed E-state index contributed by atoms with van der Waals surface area (Å²) >= 11 is 0. The summed E-state index contributed by atoms with van der Waals surface area (Å²) < 4.78 is 16.1. The zero-order chi connectivity index (χ0) is 13.4. The van der Waals surface area contributed by atoms with Crippen molar-refractivity contribution in [1.29, 1.82) is 0 Å². The molecule has 0 radical (unpaired) electrons. The number of aliphatic hydroxyl groups is 1. The molecule has 5 heteroatoms. The van der Waals surface area contributed by atoms with Gasteiger partial charge in [0.1, 0.15) is 0 Å². The molecule has 108 valence electrons. The fourth-order valence-corrected chi connectivity index (χ4v) is 2.10. The van der Waals surface area contributed by atoms with E-state index in [1.165, 1.54) is 0 Å². The first-order chi connectivity index (χ1) is 8.56. The fraction of sp³-hybridized carbons (Fsp3) is 1.00. The lowest BCUT2D eigenvalue weighted by molar-refractivity contribution is -0.0334. The molecule has 0 bridgehead atoms. The van der Waals surface area contributed by atoms with Crippen LogP contribution in [0.25, 0.3) is 0 Å². The van der Waals surface area contributed by atoms with Crippen LogP contribution in [-0.4, -0.2) is 62.9 Å². The Hall–Kier alpha value is -0.200. The standard InChI is InChI=1S/C13H27NO4/c1-11(8-16-3)17-9-12(15)7-14-10-13(2)5-4-6-18-13/h11-12,14-15H,4-10H2,1-3H3. The van der Waals surface area contributed by atoms with Gasteiger partial charge in [-0.05, 0) is 26.7 Å². The second-order valence-electron chi connectivity index (χ2n) is 5.29. The maximum atomic E-state index is 9.76. The van der Waals surface area contributed by atoms with E-state index in [1.54, 1.807) is 7.11 Å². The first kappa shape index (κ1) is 15.9. The third kappa shape index (κ3) is 6.11. The number of aliphatic hydroxyl groups excluding tert-OH is 1. The second kappa shape index (κ2) is 8.07. The van der Waals surface area contributed by atoms with Gasteiger partial charge in [0.15, 0.2) is 0 Å². The Morgan fingerprint density at radius 2 is 2.22 bits per heavy atom. The number of hydrogen-bond acceptors (Lipinski definition) is 5. The molecule has 3 atom stereocenters. The topological polar surface area (TPSA) is 60.0 Å². The summed E-state index contributed by atoms with van der Waals surface area (Å²) in [6, 6.07) is 0. The molecule has 0 spiro atoms. The Balaban J connectivity index is 2.04. The van der Waals surface area contributed by atoms with Gasteiger partial charge in [-0.3, -0.25) is 0 Å². The lowest BCUT2D eigenvalue weighted by atomic mass is 10.0. The molecule has 0 aromatic rings. The average Bonchev–Trinajstić information content (AvgIpc) is 2.74. The molecular formula is C13H27NO4. The van der Waals surface area contributed by atoms with Crippen LogP contribution in [0.5, 0.6) is 0 Å². The smallest absolute Gasteiger partial charge is 0.0897 e. The molecule has 1 aliphatic rings. The van der Waals surface area contributed by atoms with E-state index >= 15 is 0 Å². The summed E-state index contributed by atoms with van der Waals surface area (Å²) in [6.45, 7) is 7.06. The van der Waals surface area contributed by atoms with E-state index in [4.69, 9.17) is 14.2 Å². The molecular weight excluding hydrogens is 234 g/mol. The monoisotopic (exact) mass is 261 g/mol. The van der Waals surface area contributed by atoms with Gasteiger partial charge < -0.3 is 24.6 Å². The molecule has 1 rings (SSSR count). The van der Waals surface area contributed by atoms with Crippen LogP contribution in [0.1, 0.15) is 26.7 Å². The number of methoxy groups -OCH3 is 1. The van der Waals surface area contributed by atoms with E-state index in [9.17, 15) is 5.11 Å². The van der Waals surface area contributed by atoms with Crippen LogP contribution in [0, 0.1) is 0 Å². The van der Waals surface area contributed by atoms with Crippen molar-refractivity contribution in [2.24, 2.45) is 0 Å². The highest BCUT2D eigenvalue weighted by Crippen LogP contribution is 2.23. The molecule has 1 saturated heterocycles. The van der Waals surface area contributed by atoms with E-state index in [0.717, 1.165) is 26.0 Å². The minimum atomic E-state index is -0.491. The minimum Gasteiger partial charge on any atom is -0.389 e. The lowest BCUT2D eigenvalue weighted by Crippen LogP contribution is -2.41. The van der Waals surface area contributed by atoms with Crippen LogP contribution in [-0.2, 0) is 14.2 Å². The van der Waals surface area contributed by atoms with Crippen LogP contribution in [0.2, 0.25) is 0 Å². The molecule has 0 amide bonds. The van der Waals surface area contributed by atoms with Crippen molar-refractivity contribution in [3.63, 3.8) is 0 Å². The summed E-state index contributed by atoms with van der Waals surface area (Å²) in [6.07, 6.45) is 1.73. The quantitative estimate of drug-likeness (QED) is 0.635. The predicted octanol–water partition coefficient (Wildman–Crippen LogP) is 0.558. The maximum absolute atomic E-state index is 9.76. The second-order valence-corrected chi connectivity index (χ2v) is 5.29. The summed E-state index contributed by atoms with van der Waals surface area (Å²) in [4.78, 5) is 0. The van der Waals surface area contributed by atoms with Gasteiger partial charge in [-0.15, -0.1) is 0 Å². The van der Waals surface area contributed by atoms with Crippen LogP contribution in [0.3, 0.4) is 0 Å². The van der Waals surface area contributed by atoms with E-state index in [2.05, 4.69) is 12.2 Å². The van der Waals surface area contributed by atoms with Crippen LogP contribution in [0.4, 0.5) is 0 Å². The van der Waals surface area contributed by atoms with Crippen molar-refractivity contribution in [3.8, 4) is 0 Å². The molecule has 18 heavy (non-hydrogen) atoms. The molecule has 0 aromatic carbocycles. The van der Waals surface area contributed by atoms with Crippen LogP contribution >= 0.6 is 0 Å². The van der Waals surface area contributed by atoms with E-state index < -0.39 is 6.10 Å².